The number of aromatic nitrogens is 3. The Kier molecular flexibility index (Phi) is 3.47. The lowest BCUT2D eigenvalue weighted by molar-refractivity contribution is 0.102. The minimum absolute atomic E-state index is 0.261. The van der Waals surface area contributed by atoms with E-state index < -0.39 is 0 Å². The minimum atomic E-state index is -0.264. The number of aryl methyl sites for hydroxylation is 1. The van der Waals surface area contributed by atoms with Crippen molar-refractivity contribution in [1.82, 2.24) is 14.8 Å². The molecule has 0 aliphatic rings. The molecule has 7 heteroatoms. The Morgan fingerprint density at radius 2 is 2.22 bits per heavy atom. The van der Waals surface area contributed by atoms with Gasteiger partial charge in [0.25, 0.3) is 5.91 Å². The van der Waals surface area contributed by atoms with Crippen molar-refractivity contribution in [3.8, 4) is 0 Å². The Bertz CT molecular complexity index is 581. The molecule has 0 aliphatic carbocycles. The van der Waals surface area contributed by atoms with Gasteiger partial charge in [-0.1, -0.05) is 11.6 Å². The molecule has 0 atom stereocenters. The number of rotatable bonds is 3. The average molecular weight is 266 g/mol. The Morgan fingerprint density at radius 1 is 1.44 bits per heavy atom. The van der Waals surface area contributed by atoms with Crippen LogP contribution in [0.2, 0.25) is 5.15 Å². The Labute approximate surface area is 109 Å². The fourth-order valence-electron chi connectivity index (χ4n) is 1.44. The largest absolute Gasteiger partial charge is 0.373 e. The quantitative estimate of drug-likeness (QED) is 0.830. The Hall–Kier alpha value is -2.08. The first-order valence-electron chi connectivity index (χ1n) is 5.25. The van der Waals surface area contributed by atoms with Crippen LogP contribution in [0.5, 0.6) is 0 Å². The number of anilines is 2. The Morgan fingerprint density at radius 3 is 2.83 bits per heavy atom. The maximum absolute atomic E-state index is 12.0. The predicted octanol–water partition coefficient (Wildman–Crippen LogP) is 1.76. The van der Waals surface area contributed by atoms with Crippen LogP contribution in [-0.4, -0.2) is 27.7 Å². The third-order valence-electron chi connectivity index (χ3n) is 2.37. The molecule has 2 rings (SSSR count). The standard InChI is InChI=1S/C11H12ClN5O/c1-13-9-6-7(5-8(12)15-9)11(18)16-10-3-4-14-17(10)2/h3-6H,1-2H3,(H,13,15)(H,16,18). The normalized spacial score (nSPS) is 10.2. The van der Waals surface area contributed by atoms with Crippen molar-refractivity contribution in [3.63, 3.8) is 0 Å². The molecule has 94 valence electrons. The van der Waals surface area contributed by atoms with Gasteiger partial charge in [-0.25, -0.2) is 4.98 Å². The lowest BCUT2D eigenvalue weighted by atomic mass is 10.2. The zero-order chi connectivity index (χ0) is 13.1. The van der Waals surface area contributed by atoms with Crippen molar-refractivity contribution in [3.05, 3.63) is 35.1 Å². The summed E-state index contributed by atoms with van der Waals surface area (Å²) in [5.41, 5.74) is 0.431. The first-order chi connectivity index (χ1) is 8.60. The summed E-state index contributed by atoms with van der Waals surface area (Å²) in [5.74, 6) is 0.885. The predicted molar refractivity (Wildman–Crippen MR) is 70.0 cm³/mol. The van der Waals surface area contributed by atoms with E-state index in [1.54, 1.807) is 37.1 Å². The number of hydrogen-bond donors (Lipinski definition) is 2. The van der Waals surface area contributed by atoms with Gasteiger partial charge in [0, 0.05) is 25.7 Å². The number of amides is 1. The van der Waals surface area contributed by atoms with E-state index in [2.05, 4.69) is 20.7 Å². The van der Waals surface area contributed by atoms with Gasteiger partial charge in [0.1, 0.15) is 16.8 Å². The fourth-order valence-corrected chi connectivity index (χ4v) is 1.65. The second-order valence-corrected chi connectivity index (χ2v) is 4.00. The second-order valence-electron chi connectivity index (χ2n) is 3.61. The minimum Gasteiger partial charge on any atom is -0.373 e. The monoisotopic (exact) mass is 265 g/mol. The van der Waals surface area contributed by atoms with Crippen LogP contribution in [0.4, 0.5) is 11.6 Å². The first-order valence-corrected chi connectivity index (χ1v) is 5.62. The molecule has 0 bridgehead atoms. The van der Waals surface area contributed by atoms with Gasteiger partial charge in [0.2, 0.25) is 0 Å². The number of halogens is 1. The topological polar surface area (TPSA) is 71.8 Å². The number of carbonyl (C=O) groups is 1. The molecule has 0 radical (unpaired) electrons. The third kappa shape index (κ3) is 2.60. The van der Waals surface area contributed by atoms with Gasteiger partial charge in [-0.2, -0.15) is 5.10 Å². The number of pyridine rings is 1. The molecule has 0 aromatic carbocycles. The Balaban J connectivity index is 2.24. The van der Waals surface area contributed by atoms with Gasteiger partial charge >= 0.3 is 0 Å². The highest BCUT2D eigenvalue weighted by Gasteiger charge is 2.10. The smallest absolute Gasteiger partial charge is 0.257 e. The number of nitrogens with zero attached hydrogens (tertiary/aromatic N) is 3. The molecule has 0 aliphatic heterocycles. The van der Waals surface area contributed by atoms with E-state index >= 15 is 0 Å². The van der Waals surface area contributed by atoms with Crippen LogP contribution >= 0.6 is 11.6 Å². The third-order valence-corrected chi connectivity index (χ3v) is 2.57. The van der Waals surface area contributed by atoms with Crippen LogP contribution < -0.4 is 10.6 Å². The zero-order valence-corrected chi connectivity index (χ0v) is 10.7. The molecule has 2 heterocycles. The van der Waals surface area contributed by atoms with Crippen LogP contribution in [-0.2, 0) is 7.05 Å². The first kappa shape index (κ1) is 12.4. The summed E-state index contributed by atoms with van der Waals surface area (Å²) in [4.78, 5) is 16.0. The summed E-state index contributed by atoms with van der Waals surface area (Å²) in [7, 11) is 3.45. The molecule has 18 heavy (non-hydrogen) atoms. The van der Waals surface area contributed by atoms with Crippen LogP contribution in [0.1, 0.15) is 10.4 Å². The molecular formula is C11H12ClN5O. The molecular weight excluding hydrogens is 254 g/mol. The molecule has 2 N–H and O–H groups in total. The number of hydrogen-bond acceptors (Lipinski definition) is 4. The van der Waals surface area contributed by atoms with Gasteiger partial charge in [0.05, 0.1) is 6.20 Å². The summed E-state index contributed by atoms with van der Waals surface area (Å²) < 4.78 is 1.57. The lowest BCUT2D eigenvalue weighted by Gasteiger charge is -2.07. The van der Waals surface area contributed by atoms with Crippen molar-refractivity contribution >= 4 is 29.1 Å². The van der Waals surface area contributed by atoms with Gasteiger partial charge in [-0.05, 0) is 12.1 Å². The van der Waals surface area contributed by atoms with Crippen molar-refractivity contribution in [2.75, 3.05) is 17.7 Å². The number of nitrogens with one attached hydrogen (secondary N) is 2. The van der Waals surface area contributed by atoms with Crippen molar-refractivity contribution < 1.29 is 4.79 Å². The van der Waals surface area contributed by atoms with E-state index in [1.807, 2.05) is 0 Å². The molecule has 0 unspecified atom stereocenters. The molecule has 2 aromatic rings. The summed E-state index contributed by atoms with van der Waals surface area (Å²) in [6.45, 7) is 0. The molecule has 0 saturated heterocycles. The maximum Gasteiger partial charge on any atom is 0.257 e. The van der Waals surface area contributed by atoms with Gasteiger partial charge in [0.15, 0.2) is 0 Å². The van der Waals surface area contributed by atoms with E-state index in [1.165, 1.54) is 6.07 Å². The highest BCUT2D eigenvalue weighted by atomic mass is 35.5. The van der Waals surface area contributed by atoms with E-state index in [4.69, 9.17) is 11.6 Å². The van der Waals surface area contributed by atoms with Gasteiger partial charge in [-0.3, -0.25) is 9.48 Å². The van der Waals surface area contributed by atoms with E-state index in [9.17, 15) is 4.79 Å². The van der Waals surface area contributed by atoms with E-state index in [0.717, 1.165) is 0 Å². The number of carbonyl (C=O) groups excluding carboxylic acids is 1. The molecule has 0 fully saturated rings. The van der Waals surface area contributed by atoms with Crippen LogP contribution in [0.15, 0.2) is 24.4 Å². The molecule has 2 aromatic heterocycles. The van der Waals surface area contributed by atoms with Gasteiger partial charge in [-0.15, -0.1) is 0 Å². The van der Waals surface area contributed by atoms with Crippen LogP contribution in [0.25, 0.3) is 0 Å². The summed E-state index contributed by atoms with van der Waals surface area (Å²) in [6, 6.07) is 4.84. The van der Waals surface area contributed by atoms with Crippen molar-refractivity contribution in [2.24, 2.45) is 7.05 Å². The van der Waals surface area contributed by atoms with E-state index in [0.29, 0.717) is 17.2 Å². The second kappa shape index (κ2) is 5.05. The zero-order valence-electron chi connectivity index (χ0n) is 9.94. The maximum atomic E-state index is 12.0. The van der Waals surface area contributed by atoms with Crippen LogP contribution in [0, 0.1) is 0 Å². The average Bonchev–Trinajstić information content (AvgIpc) is 2.74. The summed E-state index contributed by atoms with van der Waals surface area (Å²) in [6.07, 6.45) is 1.61. The highest BCUT2D eigenvalue weighted by molar-refractivity contribution is 6.30. The fraction of sp³-hybridized carbons (Fsp3) is 0.182. The van der Waals surface area contributed by atoms with Gasteiger partial charge < -0.3 is 10.6 Å². The summed E-state index contributed by atoms with van der Waals surface area (Å²) >= 11 is 5.84. The summed E-state index contributed by atoms with van der Waals surface area (Å²) in [5, 5.41) is 9.80. The molecule has 1 amide bonds. The molecule has 0 spiro atoms. The highest BCUT2D eigenvalue weighted by Crippen LogP contribution is 2.15. The van der Waals surface area contributed by atoms with Crippen molar-refractivity contribution in [2.45, 2.75) is 0 Å². The van der Waals surface area contributed by atoms with Crippen molar-refractivity contribution in [1.29, 1.82) is 0 Å². The SMILES string of the molecule is CNc1cc(C(=O)Nc2ccnn2C)cc(Cl)n1. The van der Waals surface area contributed by atoms with E-state index in [-0.39, 0.29) is 11.1 Å². The molecule has 0 saturated carbocycles. The molecule has 6 nitrogen and oxygen atoms in total. The lowest BCUT2D eigenvalue weighted by Crippen LogP contribution is -2.15. The van der Waals surface area contributed by atoms with Crippen LogP contribution in [0.3, 0.4) is 0 Å².